The Hall–Kier alpha value is -2.33. The molecule has 2 rings (SSSR count). The Labute approximate surface area is 140 Å². The van der Waals surface area contributed by atoms with Crippen molar-refractivity contribution >= 4 is 29.2 Å². The first kappa shape index (κ1) is 17.0. The molecule has 0 aliphatic heterocycles. The molecule has 0 fully saturated rings. The number of anilines is 1. The van der Waals surface area contributed by atoms with Crippen LogP contribution in [-0.2, 0) is 9.59 Å². The molecule has 23 heavy (non-hydrogen) atoms. The Bertz CT molecular complexity index is 670. The molecule has 2 aromatic rings. The van der Waals surface area contributed by atoms with Gasteiger partial charge in [-0.05, 0) is 35.7 Å². The van der Waals surface area contributed by atoms with E-state index < -0.39 is 11.9 Å². The Kier molecular flexibility index (Phi) is 5.77. The topological polar surface area (TPSA) is 66.4 Å². The van der Waals surface area contributed by atoms with Gasteiger partial charge in [-0.25, -0.2) is 0 Å². The smallest absolute Gasteiger partial charge is 0.304 e. The molecule has 0 unspecified atom stereocenters. The van der Waals surface area contributed by atoms with Crippen LogP contribution in [0.25, 0.3) is 0 Å². The minimum Gasteiger partial charge on any atom is -0.481 e. The Morgan fingerprint density at radius 3 is 2.26 bits per heavy atom. The van der Waals surface area contributed by atoms with Crippen molar-refractivity contribution in [3.63, 3.8) is 0 Å². The molecule has 4 nitrogen and oxygen atoms in total. The highest BCUT2D eigenvalue weighted by Gasteiger charge is 2.28. The Morgan fingerprint density at radius 2 is 1.70 bits per heavy atom. The molecular formula is C18H18ClNO3. The van der Waals surface area contributed by atoms with Gasteiger partial charge in [-0.2, -0.15) is 0 Å². The maximum atomic E-state index is 12.5. The molecule has 0 radical (unpaired) electrons. The maximum Gasteiger partial charge on any atom is 0.304 e. The van der Waals surface area contributed by atoms with Gasteiger partial charge in [0.25, 0.3) is 0 Å². The summed E-state index contributed by atoms with van der Waals surface area (Å²) in [6.07, 6.45) is -0.227. The summed E-state index contributed by atoms with van der Waals surface area (Å²) in [6.45, 7) is 1.87. The average Bonchev–Trinajstić information content (AvgIpc) is 2.54. The Balaban J connectivity index is 2.18. The third-order valence-corrected chi connectivity index (χ3v) is 4.02. The zero-order valence-corrected chi connectivity index (χ0v) is 13.5. The van der Waals surface area contributed by atoms with Crippen LogP contribution in [-0.4, -0.2) is 17.0 Å². The molecule has 0 aliphatic rings. The largest absolute Gasteiger partial charge is 0.481 e. The summed E-state index contributed by atoms with van der Waals surface area (Å²) in [5.74, 6) is -2.18. The van der Waals surface area contributed by atoms with Crippen molar-refractivity contribution in [3.05, 3.63) is 65.2 Å². The van der Waals surface area contributed by atoms with Gasteiger partial charge in [-0.3, -0.25) is 9.59 Å². The number of halogens is 1. The predicted molar refractivity (Wildman–Crippen MR) is 90.7 cm³/mol. The van der Waals surface area contributed by atoms with Gasteiger partial charge >= 0.3 is 5.97 Å². The minimum atomic E-state index is -0.996. The third-order valence-electron chi connectivity index (χ3n) is 3.77. The first-order valence-corrected chi connectivity index (χ1v) is 7.68. The average molecular weight is 332 g/mol. The molecule has 0 aliphatic carbocycles. The number of amides is 1. The van der Waals surface area contributed by atoms with E-state index in [2.05, 4.69) is 5.32 Å². The van der Waals surface area contributed by atoms with Crippen molar-refractivity contribution in [2.45, 2.75) is 19.3 Å². The summed E-state index contributed by atoms with van der Waals surface area (Å²) in [5, 5.41) is 12.5. The van der Waals surface area contributed by atoms with Crippen molar-refractivity contribution in [1.82, 2.24) is 0 Å². The van der Waals surface area contributed by atoms with E-state index in [1.807, 2.05) is 37.3 Å². The van der Waals surface area contributed by atoms with E-state index in [0.29, 0.717) is 10.7 Å². The molecule has 2 atom stereocenters. The monoisotopic (exact) mass is 331 g/mol. The second-order valence-electron chi connectivity index (χ2n) is 5.40. The summed E-state index contributed by atoms with van der Waals surface area (Å²) in [4.78, 5) is 23.7. The van der Waals surface area contributed by atoms with Gasteiger partial charge in [0.15, 0.2) is 0 Å². The number of aliphatic carboxylic acids is 1. The second-order valence-corrected chi connectivity index (χ2v) is 5.84. The van der Waals surface area contributed by atoms with E-state index >= 15 is 0 Å². The molecule has 120 valence electrons. The number of nitrogens with one attached hydrogen (secondary N) is 1. The lowest BCUT2D eigenvalue weighted by atomic mass is 9.84. The molecule has 0 saturated heterocycles. The highest BCUT2D eigenvalue weighted by Crippen LogP contribution is 2.28. The van der Waals surface area contributed by atoms with Crippen LogP contribution < -0.4 is 5.32 Å². The van der Waals surface area contributed by atoms with Crippen LogP contribution in [0.1, 0.15) is 24.8 Å². The number of rotatable bonds is 6. The fourth-order valence-electron chi connectivity index (χ4n) is 2.44. The van der Waals surface area contributed by atoms with Crippen LogP contribution in [0.4, 0.5) is 5.69 Å². The number of benzene rings is 2. The lowest BCUT2D eigenvalue weighted by Crippen LogP contribution is -2.29. The van der Waals surface area contributed by atoms with E-state index in [1.165, 1.54) is 0 Å². The quantitative estimate of drug-likeness (QED) is 0.834. The summed E-state index contributed by atoms with van der Waals surface area (Å²) in [5.41, 5.74) is 1.53. The van der Waals surface area contributed by atoms with E-state index in [-0.39, 0.29) is 18.2 Å². The first-order chi connectivity index (χ1) is 11.0. The van der Waals surface area contributed by atoms with Gasteiger partial charge in [0.1, 0.15) is 0 Å². The first-order valence-electron chi connectivity index (χ1n) is 7.30. The molecule has 1 amide bonds. The van der Waals surface area contributed by atoms with Crippen LogP contribution in [0.5, 0.6) is 0 Å². The summed E-state index contributed by atoms with van der Waals surface area (Å²) < 4.78 is 0. The van der Waals surface area contributed by atoms with Gasteiger partial charge in [-0.15, -0.1) is 0 Å². The highest BCUT2D eigenvalue weighted by atomic mass is 35.5. The molecule has 0 aromatic heterocycles. The normalized spacial score (nSPS) is 13.1. The fraction of sp³-hybridized carbons (Fsp3) is 0.222. The fourth-order valence-corrected chi connectivity index (χ4v) is 2.57. The van der Waals surface area contributed by atoms with Crippen LogP contribution in [0, 0.1) is 5.92 Å². The van der Waals surface area contributed by atoms with Gasteiger partial charge < -0.3 is 10.4 Å². The van der Waals surface area contributed by atoms with Crippen molar-refractivity contribution in [2.24, 2.45) is 5.92 Å². The van der Waals surface area contributed by atoms with Gasteiger partial charge in [0, 0.05) is 10.7 Å². The van der Waals surface area contributed by atoms with Crippen LogP contribution >= 0.6 is 11.6 Å². The molecular weight excluding hydrogens is 314 g/mol. The summed E-state index contributed by atoms with van der Waals surface area (Å²) >= 11 is 5.82. The summed E-state index contributed by atoms with van der Waals surface area (Å²) in [7, 11) is 0. The molecule has 0 heterocycles. The van der Waals surface area contributed by atoms with Crippen LogP contribution in [0.2, 0.25) is 5.02 Å². The van der Waals surface area contributed by atoms with Gasteiger partial charge in [0.2, 0.25) is 5.91 Å². The zero-order valence-electron chi connectivity index (χ0n) is 12.7. The molecule has 2 aromatic carbocycles. The summed E-state index contributed by atoms with van der Waals surface area (Å²) in [6, 6.07) is 16.1. The van der Waals surface area contributed by atoms with E-state index in [0.717, 1.165) is 5.56 Å². The molecule has 0 saturated carbocycles. The second kappa shape index (κ2) is 7.79. The lowest BCUT2D eigenvalue weighted by molar-refractivity contribution is -0.140. The molecule has 5 heteroatoms. The number of carboxylic acids is 1. The van der Waals surface area contributed by atoms with Crippen LogP contribution in [0.3, 0.4) is 0 Å². The van der Waals surface area contributed by atoms with Crippen molar-refractivity contribution in [1.29, 1.82) is 0 Å². The number of carboxylic acid groups (broad SMARTS) is 1. The number of carbonyl (C=O) groups excluding carboxylic acids is 1. The number of carbonyl (C=O) groups is 2. The molecule has 0 spiro atoms. The standard InChI is InChI=1S/C18H18ClNO3/c1-12(13-5-3-2-4-6-13)16(11-17(21)22)18(23)20-15-9-7-14(19)8-10-15/h2-10,12,16H,11H2,1H3,(H,20,23)(H,21,22)/t12-,16+/m1/s1. The molecule has 0 bridgehead atoms. The van der Waals surface area contributed by atoms with Crippen LogP contribution in [0.15, 0.2) is 54.6 Å². The van der Waals surface area contributed by atoms with Crippen molar-refractivity contribution < 1.29 is 14.7 Å². The van der Waals surface area contributed by atoms with Gasteiger partial charge in [-0.1, -0.05) is 48.9 Å². The lowest BCUT2D eigenvalue weighted by Gasteiger charge is -2.22. The van der Waals surface area contributed by atoms with Gasteiger partial charge in [0.05, 0.1) is 12.3 Å². The van der Waals surface area contributed by atoms with Crippen molar-refractivity contribution in [2.75, 3.05) is 5.32 Å². The van der Waals surface area contributed by atoms with Crippen molar-refractivity contribution in [3.8, 4) is 0 Å². The maximum absolute atomic E-state index is 12.5. The highest BCUT2D eigenvalue weighted by molar-refractivity contribution is 6.30. The Morgan fingerprint density at radius 1 is 1.09 bits per heavy atom. The SMILES string of the molecule is C[C@H](c1ccccc1)[C@H](CC(=O)O)C(=O)Nc1ccc(Cl)cc1. The van der Waals surface area contributed by atoms with E-state index in [4.69, 9.17) is 16.7 Å². The third kappa shape index (κ3) is 4.83. The predicted octanol–water partition coefficient (Wildman–Crippen LogP) is 4.17. The molecule has 2 N–H and O–H groups in total. The van der Waals surface area contributed by atoms with E-state index in [1.54, 1.807) is 24.3 Å². The number of hydrogen-bond donors (Lipinski definition) is 2. The zero-order chi connectivity index (χ0) is 16.8. The minimum absolute atomic E-state index is 0.209. The van der Waals surface area contributed by atoms with E-state index in [9.17, 15) is 9.59 Å². The number of hydrogen-bond acceptors (Lipinski definition) is 2.